The normalized spacial score (nSPS) is 11.5. The van der Waals surface area contributed by atoms with Crippen molar-refractivity contribution in [2.75, 3.05) is 0 Å². The summed E-state index contributed by atoms with van der Waals surface area (Å²) in [6.45, 7) is 2.12. The molecule has 0 fully saturated rings. The molecule has 2 aromatic heterocycles. The molecule has 0 radical (unpaired) electrons. The zero-order valence-electron chi connectivity index (χ0n) is 19.9. The van der Waals surface area contributed by atoms with Crippen molar-refractivity contribution in [2.24, 2.45) is 0 Å². The van der Waals surface area contributed by atoms with Gasteiger partial charge in [-0.05, 0) is 76.9 Å². The van der Waals surface area contributed by atoms with Gasteiger partial charge in [0.05, 0.1) is 5.69 Å². The van der Waals surface area contributed by atoms with Gasteiger partial charge in [-0.15, -0.1) is 0 Å². The Bertz CT molecular complexity index is 1880. The fraction of sp³-hybridized carbons (Fsp3) is 0.0294. The topological polar surface area (TPSA) is 26.0 Å². The quantitative estimate of drug-likeness (QED) is 0.262. The first-order valence-electron chi connectivity index (χ1n) is 12.2. The van der Waals surface area contributed by atoms with Crippen molar-refractivity contribution in [1.29, 1.82) is 0 Å². The van der Waals surface area contributed by atoms with E-state index >= 15 is 0 Å². The van der Waals surface area contributed by atoms with Gasteiger partial charge in [-0.1, -0.05) is 78.4 Å². The Kier molecular flexibility index (Phi) is 4.71. The Hall–Kier alpha value is -4.69. The third-order valence-corrected chi connectivity index (χ3v) is 6.99. The fourth-order valence-electron chi connectivity index (χ4n) is 4.97. The summed E-state index contributed by atoms with van der Waals surface area (Å²) in [7, 11) is 0. The minimum Gasteiger partial charge on any atom is -0.456 e. The number of nitrogens with zero attached hydrogens (tertiary/aromatic N) is 1. The average Bonchev–Trinajstić information content (AvgIpc) is 3.31. The van der Waals surface area contributed by atoms with Gasteiger partial charge in [0.1, 0.15) is 11.2 Å². The van der Waals surface area contributed by atoms with E-state index in [4.69, 9.17) is 9.40 Å². The number of aryl methyl sites for hydroxylation is 1. The molecule has 2 heteroatoms. The SMILES string of the molecule is Cc1ccc(-c2ccc3ccc(-c4ccc(-c5ccc6oc7ccccc7c6c5)nc4)cc3c2)cc1. The smallest absolute Gasteiger partial charge is 0.135 e. The number of furan rings is 1. The van der Waals surface area contributed by atoms with Crippen molar-refractivity contribution in [3.05, 3.63) is 127 Å². The van der Waals surface area contributed by atoms with E-state index in [0.717, 1.165) is 38.8 Å². The molecule has 7 rings (SSSR count). The number of hydrogen-bond donors (Lipinski definition) is 0. The van der Waals surface area contributed by atoms with Crippen molar-refractivity contribution in [3.63, 3.8) is 0 Å². The zero-order valence-corrected chi connectivity index (χ0v) is 19.9. The lowest BCUT2D eigenvalue weighted by molar-refractivity contribution is 0.669. The molecule has 0 aliphatic heterocycles. The predicted octanol–water partition coefficient (Wildman–Crippen LogP) is 9.44. The van der Waals surface area contributed by atoms with Crippen molar-refractivity contribution in [3.8, 4) is 33.5 Å². The number of para-hydroxylation sites is 1. The van der Waals surface area contributed by atoms with Gasteiger partial charge in [-0.3, -0.25) is 4.98 Å². The van der Waals surface area contributed by atoms with Crippen molar-refractivity contribution < 1.29 is 4.42 Å². The molecule has 0 amide bonds. The lowest BCUT2D eigenvalue weighted by Gasteiger charge is -2.08. The first-order chi connectivity index (χ1) is 17.7. The highest BCUT2D eigenvalue weighted by molar-refractivity contribution is 6.06. The summed E-state index contributed by atoms with van der Waals surface area (Å²) in [4.78, 5) is 4.82. The van der Waals surface area contributed by atoms with Gasteiger partial charge < -0.3 is 4.42 Å². The standard InChI is InChI=1S/C34H23NO/c1-22-6-8-23(9-7-22)25-12-10-24-11-13-26(19-29(24)18-25)28-14-16-32(35-21-28)27-15-17-34-31(20-27)30-4-2-3-5-33(30)36-34/h2-21H,1H3. The summed E-state index contributed by atoms with van der Waals surface area (Å²) >= 11 is 0. The van der Waals surface area contributed by atoms with Gasteiger partial charge in [0.2, 0.25) is 0 Å². The van der Waals surface area contributed by atoms with Crippen molar-refractivity contribution in [1.82, 2.24) is 4.98 Å². The number of benzene rings is 5. The summed E-state index contributed by atoms with van der Waals surface area (Å²) in [5, 5.41) is 4.71. The Morgan fingerprint density at radius 2 is 1.17 bits per heavy atom. The van der Waals surface area contributed by atoms with Crippen molar-refractivity contribution >= 4 is 32.7 Å². The summed E-state index contributed by atoms with van der Waals surface area (Å²) in [5.74, 6) is 0. The Balaban J connectivity index is 1.23. The number of hydrogen-bond acceptors (Lipinski definition) is 2. The molecular formula is C34H23NO. The number of fused-ring (bicyclic) bond motifs is 4. The summed E-state index contributed by atoms with van der Waals surface area (Å²) < 4.78 is 5.98. The zero-order chi connectivity index (χ0) is 24.1. The lowest BCUT2D eigenvalue weighted by atomic mass is 9.97. The summed E-state index contributed by atoms with van der Waals surface area (Å²) in [6, 6.07) is 40.7. The number of pyridine rings is 1. The van der Waals surface area contributed by atoms with Crippen LogP contribution in [-0.2, 0) is 0 Å². The second-order valence-corrected chi connectivity index (χ2v) is 9.38. The molecule has 170 valence electrons. The maximum Gasteiger partial charge on any atom is 0.135 e. The molecule has 2 nitrogen and oxygen atoms in total. The van der Waals surface area contributed by atoms with Gasteiger partial charge in [-0.25, -0.2) is 0 Å². The molecule has 36 heavy (non-hydrogen) atoms. The van der Waals surface area contributed by atoms with Crippen molar-refractivity contribution in [2.45, 2.75) is 6.92 Å². The van der Waals surface area contributed by atoms with Crippen LogP contribution in [0.2, 0.25) is 0 Å². The Labute approximate surface area is 209 Å². The molecule has 0 N–H and O–H groups in total. The van der Waals surface area contributed by atoms with E-state index in [1.54, 1.807) is 0 Å². The van der Waals surface area contributed by atoms with E-state index in [1.807, 2.05) is 30.5 Å². The van der Waals surface area contributed by atoms with Crippen LogP contribution in [0, 0.1) is 6.92 Å². The summed E-state index contributed by atoms with van der Waals surface area (Å²) in [6.07, 6.45) is 1.97. The van der Waals surface area contributed by atoms with Gasteiger partial charge >= 0.3 is 0 Å². The summed E-state index contributed by atoms with van der Waals surface area (Å²) in [5.41, 5.74) is 9.87. The first kappa shape index (κ1) is 20.7. The first-order valence-corrected chi connectivity index (χ1v) is 12.2. The largest absolute Gasteiger partial charge is 0.456 e. The minimum atomic E-state index is 0.901. The number of rotatable bonds is 3. The van der Waals surface area contributed by atoms with Crippen LogP contribution in [0.1, 0.15) is 5.56 Å². The highest BCUT2D eigenvalue weighted by Crippen LogP contribution is 2.33. The Morgan fingerprint density at radius 1 is 0.500 bits per heavy atom. The molecule has 0 bridgehead atoms. The molecule has 5 aromatic carbocycles. The monoisotopic (exact) mass is 461 g/mol. The van der Waals surface area contributed by atoms with Gasteiger partial charge in [0.15, 0.2) is 0 Å². The maximum atomic E-state index is 5.98. The maximum absolute atomic E-state index is 5.98. The van der Waals surface area contributed by atoms with Crippen LogP contribution in [0.4, 0.5) is 0 Å². The van der Waals surface area contributed by atoms with Crippen LogP contribution in [0.25, 0.3) is 66.2 Å². The molecule has 7 aromatic rings. The number of aromatic nitrogens is 1. The third kappa shape index (κ3) is 3.55. The van der Waals surface area contributed by atoms with Crippen LogP contribution in [0.3, 0.4) is 0 Å². The molecule has 0 aliphatic carbocycles. The molecule has 2 heterocycles. The molecule has 0 saturated carbocycles. The van der Waals surface area contributed by atoms with Crippen LogP contribution in [-0.4, -0.2) is 4.98 Å². The van der Waals surface area contributed by atoms with Crippen LogP contribution >= 0.6 is 0 Å². The molecular weight excluding hydrogens is 438 g/mol. The van der Waals surface area contributed by atoms with E-state index in [-0.39, 0.29) is 0 Å². The third-order valence-electron chi connectivity index (χ3n) is 6.99. The van der Waals surface area contributed by atoms with E-state index in [9.17, 15) is 0 Å². The van der Waals surface area contributed by atoms with E-state index < -0.39 is 0 Å². The highest BCUT2D eigenvalue weighted by atomic mass is 16.3. The van der Waals surface area contributed by atoms with Gasteiger partial charge in [-0.2, -0.15) is 0 Å². The second kappa shape index (κ2) is 8.21. The highest BCUT2D eigenvalue weighted by Gasteiger charge is 2.09. The fourth-order valence-corrected chi connectivity index (χ4v) is 4.97. The second-order valence-electron chi connectivity index (χ2n) is 9.38. The van der Waals surface area contributed by atoms with Gasteiger partial charge in [0, 0.05) is 28.1 Å². The minimum absolute atomic E-state index is 0.901. The lowest BCUT2D eigenvalue weighted by Crippen LogP contribution is -1.86. The van der Waals surface area contributed by atoms with Crippen LogP contribution in [0.15, 0.2) is 126 Å². The van der Waals surface area contributed by atoms with Gasteiger partial charge in [0.25, 0.3) is 0 Å². The van der Waals surface area contributed by atoms with E-state index in [1.165, 1.54) is 33.0 Å². The molecule has 0 unspecified atom stereocenters. The average molecular weight is 462 g/mol. The van der Waals surface area contributed by atoms with E-state index in [2.05, 4.69) is 97.9 Å². The van der Waals surface area contributed by atoms with Crippen LogP contribution in [0.5, 0.6) is 0 Å². The molecule has 0 spiro atoms. The molecule has 0 aliphatic rings. The Morgan fingerprint density at radius 3 is 1.94 bits per heavy atom. The molecule has 0 saturated heterocycles. The molecule has 0 atom stereocenters. The van der Waals surface area contributed by atoms with Crippen LogP contribution < -0.4 is 0 Å². The van der Waals surface area contributed by atoms with E-state index in [0.29, 0.717) is 0 Å². The predicted molar refractivity (Wildman–Crippen MR) is 150 cm³/mol.